The minimum Gasteiger partial charge on any atom is -0.493 e. The Morgan fingerprint density at radius 1 is 1.33 bits per heavy atom. The van der Waals surface area contributed by atoms with E-state index in [4.69, 9.17) is 9.84 Å². The predicted molar refractivity (Wildman–Crippen MR) is 66.9 cm³/mol. The lowest BCUT2D eigenvalue weighted by Crippen LogP contribution is -2.23. The molecular formula is C13H17NO4. The van der Waals surface area contributed by atoms with Crippen LogP contribution in [0.3, 0.4) is 0 Å². The molecule has 5 heteroatoms. The fourth-order valence-electron chi connectivity index (χ4n) is 1.45. The summed E-state index contributed by atoms with van der Waals surface area (Å²) in [5.41, 5.74) is 0.894. The zero-order valence-electron chi connectivity index (χ0n) is 10.8. The van der Waals surface area contributed by atoms with Gasteiger partial charge in [-0.25, -0.2) is 4.79 Å². The Morgan fingerprint density at radius 2 is 2.00 bits per heavy atom. The summed E-state index contributed by atoms with van der Waals surface area (Å²) in [6.07, 6.45) is 0.298. The molecule has 0 saturated carbocycles. The third-order valence-electron chi connectivity index (χ3n) is 2.51. The molecule has 1 rings (SSSR count). The summed E-state index contributed by atoms with van der Waals surface area (Å²) >= 11 is 0. The molecule has 0 aliphatic rings. The molecule has 0 saturated heterocycles. The minimum atomic E-state index is -0.957. The van der Waals surface area contributed by atoms with Gasteiger partial charge in [-0.3, -0.25) is 4.79 Å². The third-order valence-corrected chi connectivity index (χ3v) is 2.51. The molecule has 0 atom stereocenters. The van der Waals surface area contributed by atoms with E-state index in [0.29, 0.717) is 17.7 Å². The van der Waals surface area contributed by atoms with Crippen LogP contribution in [0.4, 0.5) is 0 Å². The monoisotopic (exact) mass is 251 g/mol. The highest BCUT2D eigenvalue weighted by molar-refractivity contribution is 5.89. The minimum absolute atomic E-state index is 0.00567. The Hall–Kier alpha value is -2.04. The van der Waals surface area contributed by atoms with Crippen LogP contribution in [0.25, 0.3) is 0 Å². The molecule has 0 aliphatic carbocycles. The summed E-state index contributed by atoms with van der Waals surface area (Å²) in [7, 11) is 3.38. The number of hydrogen-bond acceptors (Lipinski definition) is 3. The fraction of sp³-hybridized carbons (Fsp3) is 0.385. The van der Waals surface area contributed by atoms with Gasteiger partial charge >= 0.3 is 5.97 Å². The number of ether oxygens (including phenoxy) is 1. The van der Waals surface area contributed by atoms with E-state index in [1.54, 1.807) is 33.2 Å². The number of nitrogens with zero attached hydrogens (tertiary/aromatic N) is 1. The van der Waals surface area contributed by atoms with Crippen molar-refractivity contribution in [2.24, 2.45) is 0 Å². The zero-order valence-corrected chi connectivity index (χ0v) is 10.8. The number of aryl methyl sites for hydroxylation is 1. The zero-order chi connectivity index (χ0) is 13.7. The Bertz CT molecular complexity index is 454. The van der Waals surface area contributed by atoms with Gasteiger partial charge < -0.3 is 14.7 Å². The number of carbonyl (C=O) groups excluding carboxylic acids is 1. The number of carboxylic acid groups (broad SMARTS) is 1. The first-order valence-corrected chi connectivity index (χ1v) is 5.58. The van der Waals surface area contributed by atoms with Crippen molar-refractivity contribution >= 4 is 11.9 Å². The number of carbonyl (C=O) groups is 2. The molecule has 0 heterocycles. The number of rotatable bonds is 5. The van der Waals surface area contributed by atoms with E-state index in [1.165, 1.54) is 11.0 Å². The Morgan fingerprint density at radius 3 is 2.50 bits per heavy atom. The second kappa shape index (κ2) is 6.05. The Balaban J connectivity index is 2.57. The molecular weight excluding hydrogens is 234 g/mol. The van der Waals surface area contributed by atoms with E-state index in [9.17, 15) is 9.59 Å². The van der Waals surface area contributed by atoms with Crippen molar-refractivity contribution in [3.63, 3.8) is 0 Å². The highest BCUT2D eigenvalue weighted by Crippen LogP contribution is 2.17. The second-order valence-electron chi connectivity index (χ2n) is 4.17. The van der Waals surface area contributed by atoms with Crippen molar-refractivity contribution in [2.75, 3.05) is 20.7 Å². The van der Waals surface area contributed by atoms with Crippen molar-refractivity contribution in [3.05, 3.63) is 29.3 Å². The predicted octanol–water partition coefficient (Wildman–Crippen LogP) is 1.55. The van der Waals surface area contributed by atoms with Crippen molar-refractivity contribution in [1.82, 2.24) is 4.90 Å². The lowest BCUT2D eigenvalue weighted by atomic mass is 10.1. The Labute approximate surface area is 106 Å². The number of amides is 1. The first-order chi connectivity index (χ1) is 8.41. The van der Waals surface area contributed by atoms with Gasteiger partial charge in [0.1, 0.15) is 5.75 Å². The van der Waals surface area contributed by atoms with E-state index < -0.39 is 5.97 Å². The molecule has 0 aliphatic heterocycles. The topological polar surface area (TPSA) is 66.8 Å². The molecule has 0 aromatic heterocycles. The van der Waals surface area contributed by atoms with Crippen LogP contribution >= 0.6 is 0 Å². The molecule has 98 valence electrons. The molecule has 1 aromatic carbocycles. The highest BCUT2D eigenvalue weighted by atomic mass is 16.5. The summed E-state index contributed by atoms with van der Waals surface area (Å²) in [5.74, 6) is -0.389. The Kier molecular flexibility index (Phi) is 4.71. The normalized spacial score (nSPS) is 9.94. The van der Waals surface area contributed by atoms with Gasteiger partial charge in [-0.15, -0.1) is 0 Å². The van der Waals surface area contributed by atoms with Crippen LogP contribution in [-0.4, -0.2) is 42.6 Å². The summed E-state index contributed by atoms with van der Waals surface area (Å²) in [6, 6.07) is 4.75. The standard InChI is InChI=1S/C13H17NO4/c1-9-8-10(4-5-11(9)13(16)17)18-7-6-12(15)14(2)3/h4-5,8H,6-7H2,1-3H3,(H,16,17). The molecule has 0 radical (unpaired) electrons. The van der Waals surface area contributed by atoms with Crippen molar-refractivity contribution in [2.45, 2.75) is 13.3 Å². The maximum atomic E-state index is 11.3. The van der Waals surface area contributed by atoms with Crippen LogP contribution in [0.5, 0.6) is 5.75 Å². The van der Waals surface area contributed by atoms with Crippen LogP contribution in [0.15, 0.2) is 18.2 Å². The quantitative estimate of drug-likeness (QED) is 0.862. The lowest BCUT2D eigenvalue weighted by molar-refractivity contribution is -0.129. The summed E-state index contributed by atoms with van der Waals surface area (Å²) in [6.45, 7) is 1.99. The van der Waals surface area contributed by atoms with Crippen LogP contribution in [0.1, 0.15) is 22.3 Å². The third kappa shape index (κ3) is 3.76. The van der Waals surface area contributed by atoms with E-state index >= 15 is 0 Å². The van der Waals surface area contributed by atoms with E-state index in [1.807, 2.05) is 0 Å². The summed E-state index contributed by atoms with van der Waals surface area (Å²) < 4.78 is 5.40. The molecule has 0 fully saturated rings. The average molecular weight is 251 g/mol. The number of benzene rings is 1. The smallest absolute Gasteiger partial charge is 0.335 e. The second-order valence-corrected chi connectivity index (χ2v) is 4.17. The first kappa shape index (κ1) is 14.0. The largest absolute Gasteiger partial charge is 0.493 e. The van der Waals surface area contributed by atoms with E-state index in [0.717, 1.165) is 0 Å². The number of carboxylic acids is 1. The van der Waals surface area contributed by atoms with E-state index in [2.05, 4.69) is 0 Å². The van der Waals surface area contributed by atoms with Gasteiger partial charge in [-0.05, 0) is 30.7 Å². The molecule has 18 heavy (non-hydrogen) atoms. The molecule has 0 spiro atoms. The van der Waals surface area contributed by atoms with Gasteiger partial charge in [0, 0.05) is 14.1 Å². The number of hydrogen-bond donors (Lipinski definition) is 1. The SMILES string of the molecule is Cc1cc(OCCC(=O)N(C)C)ccc1C(=O)O. The van der Waals surface area contributed by atoms with Gasteiger partial charge in [-0.2, -0.15) is 0 Å². The molecule has 0 unspecified atom stereocenters. The first-order valence-electron chi connectivity index (χ1n) is 5.58. The van der Waals surface area contributed by atoms with Gasteiger partial charge in [0.25, 0.3) is 0 Å². The van der Waals surface area contributed by atoms with Gasteiger partial charge in [0.05, 0.1) is 18.6 Å². The van der Waals surface area contributed by atoms with Crippen molar-refractivity contribution in [3.8, 4) is 5.75 Å². The van der Waals surface area contributed by atoms with Crippen LogP contribution in [0.2, 0.25) is 0 Å². The molecule has 5 nitrogen and oxygen atoms in total. The molecule has 1 aromatic rings. The molecule has 1 amide bonds. The fourth-order valence-corrected chi connectivity index (χ4v) is 1.45. The van der Waals surface area contributed by atoms with E-state index in [-0.39, 0.29) is 18.1 Å². The maximum absolute atomic E-state index is 11.3. The number of aromatic carboxylic acids is 1. The summed E-state index contributed by atoms with van der Waals surface area (Å²) in [4.78, 5) is 23.6. The van der Waals surface area contributed by atoms with Crippen LogP contribution < -0.4 is 4.74 Å². The van der Waals surface area contributed by atoms with Gasteiger partial charge in [0.2, 0.25) is 5.91 Å². The van der Waals surface area contributed by atoms with Crippen molar-refractivity contribution < 1.29 is 19.4 Å². The molecule has 0 bridgehead atoms. The van der Waals surface area contributed by atoms with Crippen LogP contribution in [0, 0.1) is 6.92 Å². The van der Waals surface area contributed by atoms with Crippen molar-refractivity contribution in [1.29, 1.82) is 0 Å². The lowest BCUT2D eigenvalue weighted by Gasteiger charge is -2.11. The van der Waals surface area contributed by atoms with Crippen LogP contribution in [-0.2, 0) is 4.79 Å². The maximum Gasteiger partial charge on any atom is 0.335 e. The van der Waals surface area contributed by atoms with Gasteiger partial charge in [0.15, 0.2) is 0 Å². The summed E-state index contributed by atoms with van der Waals surface area (Å²) in [5, 5.41) is 8.88. The average Bonchev–Trinajstić information content (AvgIpc) is 2.28. The van der Waals surface area contributed by atoms with Gasteiger partial charge in [-0.1, -0.05) is 0 Å². The molecule has 1 N–H and O–H groups in total. The highest BCUT2D eigenvalue weighted by Gasteiger charge is 2.08.